The Morgan fingerprint density at radius 2 is 2.24 bits per heavy atom. The minimum Gasteiger partial charge on any atom is -0.468 e. The molecule has 0 bridgehead atoms. The van der Waals surface area contributed by atoms with Crippen molar-refractivity contribution in [1.29, 1.82) is 0 Å². The van der Waals surface area contributed by atoms with Gasteiger partial charge in [0.2, 0.25) is 0 Å². The number of carbonyl (C=O) groups excluding carboxylic acids is 1. The molecule has 1 aromatic carbocycles. The van der Waals surface area contributed by atoms with Crippen molar-refractivity contribution in [2.45, 2.75) is 10.5 Å². The zero-order valence-corrected chi connectivity index (χ0v) is 11.3. The Morgan fingerprint density at radius 1 is 1.53 bits per heavy atom. The maximum absolute atomic E-state index is 13.2. The van der Waals surface area contributed by atoms with E-state index in [4.69, 9.17) is 0 Å². The molecule has 0 amide bonds. The quantitative estimate of drug-likeness (QED) is 0.499. The highest BCUT2D eigenvalue weighted by atomic mass is 127. The van der Waals surface area contributed by atoms with Crippen LogP contribution in [0.25, 0.3) is 0 Å². The fourth-order valence-electron chi connectivity index (χ4n) is 1.23. The SMILES string of the molecule is COC(=O)C(I)CNCc1cccc(F)c1F. The van der Waals surface area contributed by atoms with Crippen LogP contribution in [0.3, 0.4) is 0 Å². The summed E-state index contributed by atoms with van der Waals surface area (Å²) in [5.41, 5.74) is 0.235. The first-order valence-electron chi connectivity index (χ1n) is 4.91. The maximum Gasteiger partial charge on any atom is 0.319 e. The molecular weight excluding hydrogens is 343 g/mol. The zero-order chi connectivity index (χ0) is 12.8. The minimum atomic E-state index is -0.872. The summed E-state index contributed by atoms with van der Waals surface area (Å²) in [6.07, 6.45) is 0. The van der Waals surface area contributed by atoms with E-state index >= 15 is 0 Å². The number of halogens is 3. The van der Waals surface area contributed by atoms with Gasteiger partial charge in [0.25, 0.3) is 0 Å². The van der Waals surface area contributed by atoms with E-state index in [9.17, 15) is 13.6 Å². The van der Waals surface area contributed by atoms with Crippen molar-refractivity contribution in [1.82, 2.24) is 5.32 Å². The van der Waals surface area contributed by atoms with E-state index in [-0.39, 0.29) is 22.0 Å². The van der Waals surface area contributed by atoms with Crippen molar-refractivity contribution in [3.05, 3.63) is 35.4 Å². The monoisotopic (exact) mass is 355 g/mol. The number of ether oxygens (including phenoxy) is 1. The Morgan fingerprint density at radius 3 is 2.88 bits per heavy atom. The first kappa shape index (κ1) is 14.3. The largest absolute Gasteiger partial charge is 0.468 e. The van der Waals surface area contributed by atoms with Gasteiger partial charge in [-0.1, -0.05) is 34.7 Å². The number of esters is 1. The van der Waals surface area contributed by atoms with Gasteiger partial charge in [-0.25, -0.2) is 8.78 Å². The van der Waals surface area contributed by atoms with Gasteiger partial charge < -0.3 is 10.1 Å². The molecule has 3 nitrogen and oxygen atoms in total. The lowest BCUT2D eigenvalue weighted by Crippen LogP contribution is -2.29. The number of benzene rings is 1. The molecule has 0 aliphatic heterocycles. The summed E-state index contributed by atoms with van der Waals surface area (Å²) in [5, 5.41) is 2.87. The second-order valence-electron chi connectivity index (χ2n) is 3.33. The Hall–Kier alpha value is -0.760. The van der Waals surface area contributed by atoms with Gasteiger partial charge in [0.1, 0.15) is 3.92 Å². The Kier molecular flexibility index (Phi) is 5.76. The molecule has 0 aliphatic rings. The molecule has 0 saturated carbocycles. The Labute approximate surface area is 112 Å². The summed E-state index contributed by atoms with van der Waals surface area (Å²) in [5.74, 6) is -2.08. The van der Waals surface area contributed by atoms with Crippen LogP contribution in [0.4, 0.5) is 8.78 Å². The van der Waals surface area contributed by atoms with E-state index in [1.54, 1.807) is 0 Å². The molecule has 17 heavy (non-hydrogen) atoms. The van der Waals surface area contributed by atoms with Gasteiger partial charge in [0.15, 0.2) is 11.6 Å². The molecule has 6 heteroatoms. The predicted octanol–water partition coefficient (Wildman–Crippen LogP) is 2.03. The highest BCUT2D eigenvalue weighted by Gasteiger charge is 2.14. The standard InChI is InChI=1S/C11H12F2INO2/c1-17-11(16)9(14)6-15-5-7-3-2-4-8(12)10(7)13/h2-4,9,15H,5-6H2,1H3. The molecule has 0 aromatic heterocycles. The lowest BCUT2D eigenvalue weighted by Gasteiger charge is -2.09. The molecule has 0 radical (unpaired) electrons. The van der Waals surface area contributed by atoms with Crippen LogP contribution in [0.2, 0.25) is 0 Å². The Bertz CT molecular complexity index is 401. The van der Waals surface area contributed by atoms with Crippen molar-refractivity contribution in [2.75, 3.05) is 13.7 Å². The predicted molar refractivity (Wildman–Crippen MR) is 67.9 cm³/mol. The average Bonchev–Trinajstić information content (AvgIpc) is 2.33. The van der Waals surface area contributed by atoms with Crippen molar-refractivity contribution in [2.24, 2.45) is 0 Å². The average molecular weight is 355 g/mol. The number of carbonyl (C=O) groups is 1. The van der Waals surface area contributed by atoms with Gasteiger partial charge in [-0.05, 0) is 6.07 Å². The Balaban J connectivity index is 2.46. The van der Waals surface area contributed by atoms with Gasteiger partial charge in [-0.15, -0.1) is 0 Å². The third-order valence-electron chi connectivity index (χ3n) is 2.13. The summed E-state index contributed by atoms with van der Waals surface area (Å²) in [7, 11) is 1.31. The molecule has 0 aliphatic carbocycles. The summed E-state index contributed by atoms with van der Waals surface area (Å²) >= 11 is 1.92. The smallest absolute Gasteiger partial charge is 0.319 e. The molecule has 1 N–H and O–H groups in total. The minimum absolute atomic E-state index is 0.167. The zero-order valence-electron chi connectivity index (χ0n) is 9.17. The van der Waals surface area contributed by atoms with E-state index in [2.05, 4.69) is 10.1 Å². The second-order valence-corrected chi connectivity index (χ2v) is 4.84. The molecule has 1 rings (SSSR count). The number of alkyl halides is 1. The van der Waals surface area contributed by atoms with Crippen LogP contribution in [0.5, 0.6) is 0 Å². The van der Waals surface area contributed by atoms with E-state index in [1.165, 1.54) is 19.2 Å². The summed E-state index contributed by atoms with van der Waals surface area (Å²) < 4.78 is 30.3. The molecule has 0 fully saturated rings. The highest BCUT2D eigenvalue weighted by molar-refractivity contribution is 14.1. The van der Waals surface area contributed by atoms with Crippen molar-refractivity contribution >= 4 is 28.6 Å². The number of rotatable bonds is 5. The first-order chi connectivity index (χ1) is 8.06. The van der Waals surface area contributed by atoms with Gasteiger partial charge in [0, 0.05) is 18.7 Å². The van der Waals surface area contributed by atoms with Crippen molar-refractivity contribution in [3.8, 4) is 0 Å². The summed E-state index contributed by atoms with van der Waals surface area (Å²) in [4.78, 5) is 11.1. The topological polar surface area (TPSA) is 38.3 Å². The fraction of sp³-hybridized carbons (Fsp3) is 0.364. The van der Waals surface area contributed by atoms with Crippen molar-refractivity contribution in [3.63, 3.8) is 0 Å². The van der Waals surface area contributed by atoms with Crippen LogP contribution in [0, 0.1) is 11.6 Å². The first-order valence-corrected chi connectivity index (χ1v) is 6.16. The third kappa shape index (κ3) is 4.19. The highest BCUT2D eigenvalue weighted by Crippen LogP contribution is 2.11. The van der Waals surface area contributed by atoms with Crippen LogP contribution in [0.1, 0.15) is 5.56 Å². The third-order valence-corrected chi connectivity index (χ3v) is 3.08. The number of hydrogen-bond donors (Lipinski definition) is 1. The molecule has 1 unspecified atom stereocenters. The second kappa shape index (κ2) is 6.85. The van der Waals surface area contributed by atoms with E-state index < -0.39 is 11.6 Å². The van der Waals surface area contributed by atoms with Crippen LogP contribution in [-0.4, -0.2) is 23.5 Å². The molecule has 0 heterocycles. The summed E-state index contributed by atoms with van der Waals surface area (Å²) in [6.45, 7) is 0.503. The molecule has 1 atom stereocenters. The molecule has 0 spiro atoms. The number of hydrogen-bond acceptors (Lipinski definition) is 3. The molecule has 94 valence electrons. The van der Waals surface area contributed by atoms with Crippen LogP contribution >= 0.6 is 22.6 Å². The lowest BCUT2D eigenvalue weighted by molar-refractivity contribution is -0.139. The number of nitrogens with one attached hydrogen (secondary N) is 1. The van der Waals surface area contributed by atoms with Crippen LogP contribution in [-0.2, 0) is 16.1 Å². The van der Waals surface area contributed by atoms with Crippen LogP contribution < -0.4 is 5.32 Å². The summed E-state index contributed by atoms with van der Waals surface area (Å²) in [6, 6.07) is 4.00. The van der Waals surface area contributed by atoms with E-state index in [1.807, 2.05) is 22.6 Å². The van der Waals surface area contributed by atoms with Gasteiger partial charge in [-0.2, -0.15) is 0 Å². The van der Waals surface area contributed by atoms with Gasteiger partial charge >= 0.3 is 5.97 Å². The number of methoxy groups -OCH3 is 1. The van der Waals surface area contributed by atoms with Crippen molar-refractivity contribution < 1.29 is 18.3 Å². The maximum atomic E-state index is 13.2. The lowest BCUT2D eigenvalue weighted by atomic mass is 10.2. The van der Waals surface area contributed by atoms with Gasteiger partial charge in [-0.3, -0.25) is 4.79 Å². The fourth-order valence-corrected chi connectivity index (χ4v) is 1.80. The normalized spacial score (nSPS) is 12.2. The van der Waals surface area contributed by atoms with Crippen LogP contribution in [0.15, 0.2) is 18.2 Å². The molecular formula is C11H12F2INO2. The molecule has 1 aromatic rings. The van der Waals surface area contributed by atoms with E-state index in [0.717, 1.165) is 6.07 Å². The van der Waals surface area contributed by atoms with Gasteiger partial charge in [0.05, 0.1) is 7.11 Å². The molecule has 0 saturated heterocycles. The van der Waals surface area contributed by atoms with E-state index in [0.29, 0.717) is 6.54 Å².